The molecule has 0 saturated heterocycles. The van der Waals surface area contributed by atoms with Crippen molar-refractivity contribution >= 4 is 97.9 Å². The maximum atomic E-state index is 5.51. The number of benzene rings is 10. The van der Waals surface area contributed by atoms with E-state index in [1.165, 1.54) is 54.1 Å². The fraction of sp³-hybridized carbons (Fsp3) is 0. The van der Waals surface area contributed by atoms with Gasteiger partial charge >= 0.3 is 0 Å². The Morgan fingerprint density at radius 1 is 0.286 bits per heavy atom. The third-order valence-electron chi connectivity index (χ3n) is 13.2. The smallest absolute Gasteiger partial charge is 0.235 e. The van der Waals surface area contributed by atoms with Crippen LogP contribution < -0.4 is 0 Å². The van der Waals surface area contributed by atoms with Gasteiger partial charge in [-0.25, -0.2) is 9.97 Å². The van der Waals surface area contributed by atoms with Gasteiger partial charge in [-0.3, -0.25) is 4.57 Å². The number of nitrogens with zero attached hydrogens (tertiary/aromatic N) is 5. The maximum absolute atomic E-state index is 5.51. The molecule has 63 heavy (non-hydrogen) atoms. The highest BCUT2D eigenvalue weighted by atomic mass is 15.2. The molecule has 0 radical (unpaired) electrons. The predicted octanol–water partition coefficient (Wildman–Crippen LogP) is 14.9. The van der Waals surface area contributed by atoms with Gasteiger partial charge in [-0.05, 0) is 82.2 Å². The summed E-state index contributed by atoms with van der Waals surface area (Å²) < 4.78 is 7.14. The van der Waals surface area contributed by atoms with Crippen molar-refractivity contribution in [1.29, 1.82) is 0 Å². The zero-order valence-corrected chi connectivity index (χ0v) is 33.9. The molecule has 5 heteroatoms. The fourth-order valence-electron chi connectivity index (χ4n) is 10.5. The Kier molecular flexibility index (Phi) is 7.05. The molecule has 0 bridgehead atoms. The van der Waals surface area contributed by atoms with Crippen LogP contribution in [0.2, 0.25) is 0 Å². The van der Waals surface area contributed by atoms with Crippen LogP contribution in [0.15, 0.2) is 212 Å². The van der Waals surface area contributed by atoms with Crippen LogP contribution in [0.5, 0.6) is 0 Å². The molecule has 4 aromatic heterocycles. The van der Waals surface area contributed by atoms with E-state index in [1.54, 1.807) is 0 Å². The number of aromatic nitrogens is 5. The average molecular weight is 802 g/mol. The minimum Gasteiger partial charge on any atom is -0.309 e. The number of hydrogen-bond donors (Lipinski definition) is 0. The molecule has 5 nitrogen and oxygen atoms in total. The number of fused-ring (bicyclic) bond motifs is 13. The normalized spacial score (nSPS) is 12.1. The first kappa shape index (κ1) is 34.2. The Bertz CT molecular complexity index is 4220. The molecule has 0 fully saturated rings. The molecule has 10 aromatic carbocycles. The lowest BCUT2D eigenvalue weighted by molar-refractivity contribution is 1.01. The second-order valence-electron chi connectivity index (χ2n) is 16.6. The van der Waals surface area contributed by atoms with E-state index in [0.717, 1.165) is 66.4 Å². The molecule has 0 saturated carbocycles. The van der Waals surface area contributed by atoms with E-state index in [4.69, 9.17) is 9.97 Å². The van der Waals surface area contributed by atoms with E-state index >= 15 is 0 Å². The van der Waals surface area contributed by atoms with Crippen LogP contribution in [0.3, 0.4) is 0 Å². The van der Waals surface area contributed by atoms with Gasteiger partial charge in [-0.2, -0.15) is 0 Å². The third-order valence-corrected chi connectivity index (χ3v) is 13.2. The Morgan fingerprint density at radius 2 is 0.810 bits per heavy atom. The van der Waals surface area contributed by atoms with E-state index in [-0.39, 0.29) is 0 Å². The summed E-state index contributed by atoms with van der Waals surface area (Å²) >= 11 is 0. The summed E-state index contributed by atoms with van der Waals surface area (Å²) in [4.78, 5) is 10.8. The Labute approximate surface area is 360 Å². The number of rotatable bonds is 4. The highest BCUT2D eigenvalue weighted by molar-refractivity contribution is 6.29. The zero-order chi connectivity index (χ0) is 41.2. The van der Waals surface area contributed by atoms with Gasteiger partial charge in [-0.1, -0.05) is 152 Å². The number of para-hydroxylation sites is 4. The lowest BCUT2D eigenvalue weighted by atomic mass is 9.99. The molecule has 0 atom stereocenters. The zero-order valence-electron chi connectivity index (χ0n) is 33.9. The van der Waals surface area contributed by atoms with Gasteiger partial charge in [0.25, 0.3) is 0 Å². The molecule has 0 amide bonds. The van der Waals surface area contributed by atoms with Gasteiger partial charge in [0, 0.05) is 54.6 Å². The van der Waals surface area contributed by atoms with E-state index in [0.29, 0.717) is 5.95 Å². The highest BCUT2D eigenvalue weighted by Crippen LogP contribution is 2.44. The van der Waals surface area contributed by atoms with Crippen molar-refractivity contribution in [1.82, 2.24) is 23.7 Å². The molecule has 14 aromatic rings. The molecular weight excluding hydrogens is 767 g/mol. The second-order valence-corrected chi connectivity index (χ2v) is 16.6. The minimum absolute atomic E-state index is 0.644. The van der Waals surface area contributed by atoms with Crippen molar-refractivity contribution in [2.24, 2.45) is 0 Å². The minimum atomic E-state index is 0.644. The Balaban J connectivity index is 1.04. The quantitative estimate of drug-likeness (QED) is 0.178. The lowest BCUT2D eigenvalue weighted by Gasteiger charge is -2.14. The van der Waals surface area contributed by atoms with E-state index in [1.807, 2.05) is 0 Å². The molecule has 0 aliphatic carbocycles. The van der Waals surface area contributed by atoms with Crippen LogP contribution in [-0.4, -0.2) is 23.7 Å². The van der Waals surface area contributed by atoms with Gasteiger partial charge in [0.15, 0.2) is 0 Å². The summed E-state index contributed by atoms with van der Waals surface area (Å²) in [5, 5.41) is 13.1. The summed E-state index contributed by atoms with van der Waals surface area (Å²) in [6.45, 7) is 0. The summed E-state index contributed by atoms with van der Waals surface area (Å²) in [7, 11) is 0. The maximum Gasteiger partial charge on any atom is 0.235 e. The van der Waals surface area contributed by atoms with Crippen LogP contribution in [0.25, 0.3) is 126 Å². The summed E-state index contributed by atoms with van der Waals surface area (Å²) in [5.41, 5.74) is 12.0. The van der Waals surface area contributed by atoms with Gasteiger partial charge < -0.3 is 9.13 Å². The SMILES string of the molecule is c1ccc2cc(-n3c4ccccc4c4c5c6ccccc6n(-c6ccc7c8ccccc8n(-c8nc(-c9cccc%10ccccc9%10)c9ccccc9n8)c7c6)c5ccc43)ccc2c1. The van der Waals surface area contributed by atoms with Crippen LogP contribution in [0, 0.1) is 0 Å². The summed E-state index contributed by atoms with van der Waals surface area (Å²) in [6, 6.07) is 76.7. The topological polar surface area (TPSA) is 40.6 Å². The van der Waals surface area contributed by atoms with Crippen LogP contribution in [0.1, 0.15) is 0 Å². The van der Waals surface area contributed by atoms with Crippen LogP contribution in [0.4, 0.5) is 0 Å². The standard InChI is InChI=1S/C58H35N5/c1-2-16-38-34-39(29-28-36(38)14-1)61-50-26-11-7-21-46(50)55-52(61)32-33-53-56(55)47-22-8-12-27-51(47)62(53)40-30-31-43-42-19-6-10-25-49(42)63(54(43)35-40)58-59-48-24-9-5-20-45(48)57(60-58)44-23-13-17-37-15-3-4-18-41(37)44/h1-35H. The van der Waals surface area contributed by atoms with Crippen molar-refractivity contribution in [3.8, 4) is 28.6 Å². The monoisotopic (exact) mass is 801 g/mol. The van der Waals surface area contributed by atoms with E-state index < -0.39 is 0 Å². The fourth-order valence-corrected chi connectivity index (χ4v) is 10.5. The summed E-state index contributed by atoms with van der Waals surface area (Å²) in [5.74, 6) is 0.644. The molecule has 4 heterocycles. The largest absolute Gasteiger partial charge is 0.309 e. The first-order chi connectivity index (χ1) is 31.3. The van der Waals surface area contributed by atoms with Gasteiger partial charge in [0.1, 0.15) is 0 Å². The van der Waals surface area contributed by atoms with Gasteiger partial charge in [-0.15, -0.1) is 0 Å². The second kappa shape index (κ2) is 13.0. The lowest BCUT2D eigenvalue weighted by Crippen LogP contribution is -2.04. The van der Waals surface area contributed by atoms with Gasteiger partial charge in [0.2, 0.25) is 5.95 Å². The molecular formula is C58H35N5. The average Bonchev–Trinajstić information content (AvgIpc) is 3.98. The molecule has 0 aliphatic rings. The Hall–Kier alpha value is -8.54. The molecule has 0 unspecified atom stereocenters. The molecule has 292 valence electrons. The first-order valence-corrected chi connectivity index (χ1v) is 21.5. The van der Waals surface area contributed by atoms with Crippen molar-refractivity contribution in [3.63, 3.8) is 0 Å². The molecule has 14 rings (SSSR count). The van der Waals surface area contributed by atoms with E-state index in [9.17, 15) is 0 Å². The van der Waals surface area contributed by atoms with Crippen molar-refractivity contribution in [2.45, 2.75) is 0 Å². The Morgan fingerprint density at radius 3 is 1.54 bits per heavy atom. The third kappa shape index (κ3) is 4.87. The summed E-state index contributed by atoms with van der Waals surface area (Å²) in [6.07, 6.45) is 0. The van der Waals surface area contributed by atoms with Crippen LogP contribution in [-0.2, 0) is 0 Å². The molecule has 0 N–H and O–H groups in total. The van der Waals surface area contributed by atoms with Crippen LogP contribution >= 0.6 is 0 Å². The van der Waals surface area contributed by atoms with Crippen molar-refractivity contribution in [2.75, 3.05) is 0 Å². The molecule has 0 spiro atoms. The van der Waals surface area contributed by atoms with Gasteiger partial charge in [0.05, 0.1) is 44.3 Å². The predicted molar refractivity (Wildman–Crippen MR) is 263 cm³/mol. The van der Waals surface area contributed by atoms with Crippen molar-refractivity contribution in [3.05, 3.63) is 212 Å². The highest BCUT2D eigenvalue weighted by Gasteiger charge is 2.23. The first-order valence-electron chi connectivity index (χ1n) is 21.5. The van der Waals surface area contributed by atoms with Crippen molar-refractivity contribution < 1.29 is 0 Å². The molecule has 0 aliphatic heterocycles. The number of hydrogen-bond acceptors (Lipinski definition) is 2. The van der Waals surface area contributed by atoms with E-state index in [2.05, 4.69) is 226 Å².